The van der Waals surface area contributed by atoms with Crippen molar-refractivity contribution in [2.75, 3.05) is 6.54 Å². The van der Waals surface area contributed by atoms with Crippen molar-refractivity contribution in [1.82, 2.24) is 4.90 Å². The Balaban J connectivity index is 2.52. The Bertz CT molecular complexity index is 678. The topological polar surface area (TPSA) is 54.5 Å². The molecule has 4 nitrogen and oxygen atoms in total. The summed E-state index contributed by atoms with van der Waals surface area (Å²) >= 11 is 0. The summed E-state index contributed by atoms with van der Waals surface area (Å²) in [6.07, 6.45) is 2.52. The number of amides is 1. The summed E-state index contributed by atoms with van der Waals surface area (Å²) < 4.78 is 49.6. The van der Waals surface area contributed by atoms with Crippen LogP contribution in [0.3, 0.4) is 0 Å². The summed E-state index contributed by atoms with van der Waals surface area (Å²) in [6.45, 7) is 2.27. The van der Waals surface area contributed by atoms with Crippen molar-refractivity contribution in [2.24, 2.45) is 0 Å². The first-order chi connectivity index (χ1) is 9.71. The van der Waals surface area contributed by atoms with Gasteiger partial charge >= 0.3 is 0 Å². The largest absolute Gasteiger partial charge is 0.336 e. The minimum Gasteiger partial charge on any atom is -0.336 e. The van der Waals surface area contributed by atoms with Gasteiger partial charge in [0.1, 0.15) is 0 Å². The van der Waals surface area contributed by atoms with Gasteiger partial charge in [-0.2, -0.15) is 0 Å². The number of nitrogens with zero attached hydrogens (tertiary/aromatic N) is 1. The molecule has 1 amide bonds. The SMILES string of the molecule is CC1CCCCN1C(=O)c1cc(F)c(F)cc1S(=O)(=O)Cl. The molecule has 1 atom stereocenters. The Labute approximate surface area is 126 Å². The van der Waals surface area contributed by atoms with Gasteiger partial charge in [0.2, 0.25) is 0 Å². The molecule has 0 aliphatic carbocycles. The number of hydrogen-bond acceptors (Lipinski definition) is 3. The molecule has 0 N–H and O–H groups in total. The Morgan fingerprint density at radius 1 is 1.29 bits per heavy atom. The van der Waals surface area contributed by atoms with Crippen LogP contribution in [0, 0.1) is 11.6 Å². The quantitative estimate of drug-likeness (QED) is 0.780. The Morgan fingerprint density at radius 3 is 2.48 bits per heavy atom. The number of carbonyl (C=O) groups excluding carboxylic acids is 1. The van der Waals surface area contributed by atoms with E-state index in [-0.39, 0.29) is 6.04 Å². The number of hydrogen-bond donors (Lipinski definition) is 0. The van der Waals surface area contributed by atoms with Crippen molar-refractivity contribution in [2.45, 2.75) is 37.1 Å². The van der Waals surface area contributed by atoms with Crippen LogP contribution in [-0.2, 0) is 9.05 Å². The van der Waals surface area contributed by atoms with Gasteiger partial charge in [-0.15, -0.1) is 0 Å². The number of benzene rings is 1. The van der Waals surface area contributed by atoms with Gasteiger partial charge < -0.3 is 4.90 Å². The number of piperidine rings is 1. The van der Waals surface area contributed by atoms with E-state index in [0.29, 0.717) is 18.7 Å². The molecular formula is C13H14ClF2NO3S. The van der Waals surface area contributed by atoms with Crippen LogP contribution in [0.4, 0.5) is 8.78 Å². The highest BCUT2D eigenvalue weighted by Crippen LogP contribution is 2.27. The van der Waals surface area contributed by atoms with E-state index < -0.39 is 37.1 Å². The van der Waals surface area contributed by atoms with Crippen LogP contribution in [0.1, 0.15) is 36.5 Å². The fraction of sp³-hybridized carbons (Fsp3) is 0.462. The van der Waals surface area contributed by atoms with Gasteiger partial charge in [0.15, 0.2) is 11.6 Å². The third-order valence-corrected chi connectivity index (χ3v) is 4.94. The predicted molar refractivity (Wildman–Crippen MR) is 73.7 cm³/mol. The third-order valence-electron chi connectivity index (χ3n) is 3.58. The number of rotatable bonds is 2. The van der Waals surface area contributed by atoms with E-state index in [1.807, 2.05) is 6.92 Å². The van der Waals surface area contributed by atoms with E-state index >= 15 is 0 Å². The normalized spacial score (nSPS) is 19.6. The van der Waals surface area contributed by atoms with Crippen LogP contribution in [0.2, 0.25) is 0 Å². The molecule has 1 fully saturated rings. The van der Waals surface area contributed by atoms with Gasteiger partial charge in [-0.25, -0.2) is 17.2 Å². The van der Waals surface area contributed by atoms with Crippen molar-refractivity contribution in [3.05, 3.63) is 29.3 Å². The molecule has 1 heterocycles. The van der Waals surface area contributed by atoms with E-state index in [0.717, 1.165) is 19.3 Å². The number of halogens is 3. The van der Waals surface area contributed by atoms with Gasteiger partial charge in [-0.3, -0.25) is 4.79 Å². The molecule has 1 aromatic rings. The molecule has 1 aliphatic heterocycles. The molecule has 1 aromatic carbocycles. The summed E-state index contributed by atoms with van der Waals surface area (Å²) in [5.74, 6) is -3.30. The minimum atomic E-state index is -4.36. The fourth-order valence-electron chi connectivity index (χ4n) is 2.45. The van der Waals surface area contributed by atoms with E-state index in [4.69, 9.17) is 10.7 Å². The summed E-state index contributed by atoms with van der Waals surface area (Å²) in [5.41, 5.74) is -0.433. The Morgan fingerprint density at radius 2 is 1.90 bits per heavy atom. The number of likely N-dealkylation sites (tertiary alicyclic amines) is 1. The zero-order valence-corrected chi connectivity index (χ0v) is 12.8. The first-order valence-electron chi connectivity index (χ1n) is 6.46. The van der Waals surface area contributed by atoms with Gasteiger partial charge in [0.05, 0.1) is 10.5 Å². The summed E-state index contributed by atoms with van der Waals surface area (Å²) in [6, 6.07) is 0.943. The maximum atomic E-state index is 13.4. The predicted octanol–water partition coefficient (Wildman–Crippen LogP) is 2.91. The summed E-state index contributed by atoms with van der Waals surface area (Å²) in [4.78, 5) is 13.2. The molecule has 8 heteroatoms. The monoisotopic (exact) mass is 337 g/mol. The van der Waals surface area contributed by atoms with Gasteiger partial charge in [-0.1, -0.05) is 0 Å². The lowest BCUT2D eigenvalue weighted by atomic mass is 10.0. The van der Waals surface area contributed by atoms with Crippen LogP contribution in [0.25, 0.3) is 0 Å². The second-order valence-corrected chi connectivity index (χ2v) is 7.58. The molecule has 0 spiro atoms. The Kier molecular flexibility index (Phi) is 4.53. The van der Waals surface area contributed by atoms with Gasteiger partial charge in [0.25, 0.3) is 15.0 Å². The van der Waals surface area contributed by atoms with Crippen LogP contribution in [0.15, 0.2) is 17.0 Å². The maximum absolute atomic E-state index is 13.4. The molecule has 1 saturated heterocycles. The van der Waals surface area contributed by atoms with Crippen LogP contribution >= 0.6 is 10.7 Å². The van der Waals surface area contributed by atoms with Crippen molar-refractivity contribution in [3.63, 3.8) is 0 Å². The van der Waals surface area contributed by atoms with E-state index in [1.54, 1.807) is 0 Å². The second kappa shape index (κ2) is 5.88. The Hall–Kier alpha value is -1.21. The lowest BCUT2D eigenvalue weighted by molar-refractivity contribution is 0.0631. The molecule has 1 unspecified atom stereocenters. The van der Waals surface area contributed by atoms with E-state index in [1.165, 1.54) is 4.90 Å². The lowest BCUT2D eigenvalue weighted by Gasteiger charge is -2.33. The average molecular weight is 338 g/mol. The molecule has 0 aromatic heterocycles. The molecule has 0 radical (unpaired) electrons. The first kappa shape index (κ1) is 16.2. The molecule has 2 rings (SSSR count). The van der Waals surface area contributed by atoms with Crippen molar-refractivity contribution in [1.29, 1.82) is 0 Å². The molecule has 0 saturated carbocycles. The van der Waals surface area contributed by atoms with E-state index in [9.17, 15) is 22.0 Å². The highest BCUT2D eigenvalue weighted by atomic mass is 35.7. The molecule has 116 valence electrons. The molecule has 1 aliphatic rings. The van der Waals surface area contributed by atoms with Crippen LogP contribution < -0.4 is 0 Å². The van der Waals surface area contributed by atoms with Gasteiger partial charge in [0, 0.05) is 23.3 Å². The van der Waals surface area contributed by atoms with Crippen molar-refractivity contribution < 1.29 is 22.0 Å². The second-order valence-electron chi connectivity index (χ2n) is 5.04. The molecule has 21 heavy (non-hydrogen) atoms. The lowest BCUT2D eigenvalue weighted by Crippen LogP contribution is -2.42. The van der Waals surface area contributed by atoms with Crippen LogP contribution in [0.5, 0.6) is 0 Å². The molecular weight excluding hydrogens is 324 g/mol. The van der Waals surface area contributed by atoms with Crippen molar-refractivity contribution >= 4 is 25.6 Å². The maximum Gasteiger partial charge on any atom is 0.262 e. The minimum absolute atomic E-state index is 0.0924. The zero-order chi connectivity index (χ0) is 15.8. The summed E-state index contributed by atoms with van der Waals surface area (Å²) in [5, 5.41) is 0. The van der Waals surface area contributed by atoms with Crippen molar-refractivity contribution in [3.8, 4) is 0 Å². The average Bonchev–Trinajstić information content (AvgIpc) is 2.40. The zero-order valence-electron chi connectivity index (χ0n) is 11.3. The highest BCUT2D eigenvalue weighted by molar-refractivity contribution is 8.13. The van der Waals surface area contributed by atoms with Crippen LogP contribution in [-0.4, -0.2) is 31.8 Å². The first-order valence-corrected chi connectivity index (χ1v) is 8.77. The van der Waals surface area contributed by atoms with E-state index in [2.05, 4.69) is 0 Å². The standard InChI is InChI=1S/C13H14ClF2NO3S/c1-8-4-2-3-5-17(8)13(18)9-6-10(15)11(16)7-12(9)21(14,19)20/h6-8H,2-5H2,1H3. The smallest absolute Gasteiger partial charge is 0.262 e. The highest BCUT2D eigenvalue weighted by Gasteiger charge is 2.30. The molecule has 0 bridgehead atoms. The third kappa shape index (κ3) is 3.35. The fourth-order valence-corrected chi connectivity index (χ4v) is 3.49. The number of carbonyl (C=O) groups is 1. The summed E-state index contributed by atoms with van der Waals surface area (Å²) in [7, 11) is 0.864. The van der Waals surface area contributed by atoms with Gasteiger partial charge in [-0.05, 0) is 38.3 Å².